The molecule has 0 amide bonds. The lowest BCUT2D eigenvalue weighted by molar-refractivity contribution is -0.118. The zero-order valence-corrected chi connectivity index (χ0v) is 8.97. The number of hydrogen-bond acceptors (Lipinski definition) is 1. The average molecular weight is 180 g/mol. The molecule has 0 aromatic carbocycles. The number of carbonyl (C=O) groups excluding carboxylic acids is 1. The highest BCUT2D eigenvalue weighted by Gasteiger charge is 2.18. The summed E-state index contributed by atoms with van der Waals surface area (Å²) in [5.41, 5.74) is 1.27. The first-order valence-corrected chi connectivity index (χ1v) is 5.32. The highest BCUT2D eigenvalue weighted by molar-refractivity contribution is 5.81. The van der Waals surface area contributed by atoms with Gasteiger partial charge in [-0.25, -0.2) is 0 Å². The van der Waals surface area contributed by atoms with E-state index in [1.54, 1.807) is 0 Å². The van der Waals surface area contributed by atoms with Gasteiger partial charge in [0.25, 0.3) is 0 Å². The molecule has 0 radical (unpaired) electrons. The van der Waals surface area contributed by atoms with Crippen LogP contribution >= 0.6 is 0 Å². The zero-order valence-electron chi connectivity index (χ0n) is 8.97. The maximum atomic E-state index is 11.3. The Morgan fingerprint density at radius 1 is 1.62 bits per heavy atom. The van der Waals surface area contributed by atoms with E-state index in [1.807, 2.05) is 0 Å². The maximum Gasteiger partial charge on any atom is 0.136 e. The molecule has 0 aromatic heterocycles. The standard InChI is InChI=1S/C12H20O/c1-4-10(3)11-5-6-12(13)8-9(2)7-11/h7,10-11H,4-6,8H2,1-3H3. The van der Waals surface area contributed by atoms with E-state index in [9.17, 15) is 4.79 Å². The highest BCUT2D eigenvalue weighted by atomic mass is 16.1. The fraction of sp³-hybridized carbons (Fsp3) is 0.750. The topological polar surface area (TPSA) is 17.1 Å². The molecule has 1 nitrogen and oxygen atoms in total. The van der Waals surface area contributed by atoms with Gasteiger partial charge in [0, 0.05) is 12.8 Å². The number of hydrogen-bond donors (Lipinski definition) is 0. The van der Waals surface area contributed by atoms with Crippen molar-refractivity contribution >= 4 is 5.78 Å². The first-order valence-electron chi connectivity index (χ1n) is 5.32. The SMILES string of the molecule is CCC(C)C1C=C(C)CC(=O)CC1. The van der Waals surface area contributed by atoms with E-state index in [0.717, 1.165) is 18.8 Å². The maximum absolute atomic E-state index is 11.3. The van der Waals surface area contributed by atoms with E-state index in [0.29, 0.717) is 18.1 Å². The molecule has 1 heteroatoms. The molecule has 2 atom stereocenters. The molecular weight excluding hydrogens is 160 g/mol. The molecule has 0 aromatic rings. The van der Waals surface area contributed by atoms with Crippen molar-refractivity contribution in [2.24, 2.45) is 11.8 Å². The molecule has 0 aliphatic heterocycles. The summed E-state index contributed by atoms with van der Waals surface area (Å²) in [5.74, 6) is 1.77. The van der Waals surface area contributed by atoms with Crippen LogP contribution in [0.4, 0.5) is 0 Å². The molecule has 2 unspecified atom stereocenters. The molecule has 0 heterocycles. The van der Waals surface area contributed by atoms with Gasteiger partial charge in [0.1, 0.15) is 5.78 Å². The van der Waals surface area contributed by atoms with Gasteiger partial charge in [0.2, 0.25) is 0 Å². The number of carbonyl (C=O) groups is 1. The summed E-state index contributed by atoms with van der Waals surface area (Å²) in [5, 5.41) is 0. The zero-order chi connectivity index (χ0) is 9.84. The van der Waals surface area contributed by atoms with E-state index in [-0.39, 0.29) is 0 Å². The summed E-state index contributed by atoms with van der Waals surface area (Å²) in [7, 11) is 0. The van der Waals surface area contributed by atoms with Crippen LogP contribution in [0.25, 0.3) is 0 Å². The quantitative estimate of drug-likeness (QED) is 0.596. The largest absolute Gasteiger partial charge is 0.299 e. The second-order valence-corrected chi connectivity index (χ2v) is 4.32. The molecule has 0 saturated carbocycles. The van der Waals surface area contributed by atoms with Crippen molar-refractivity contribution in [3.8, 4) is 0 Å². The van der Waals surface area contributed by atoms with Crippen molar-refractivity contribution in [3.63, 3.8) is 0 Å². The lowest BCUT2D eigenvalue weighted by atomic mass is 9.88. The smallest absolute Gasteiger partial charge is 0.136 e. The second kappa shape index (κ2) is 4.59. The molecule has 0 fully saturated rings. The fourth-order valence-corrected chi connectivity index (χ4v) is 1.99. The van der Waals surface area contributed by atoms with Crippen LogP contribution < -0.4 is 0 Å². The molecule has 74 valence electrons. The third kappa shape index (κ3) is 2.98. The minimum Gasteiger partial charge on any atom is -0.299 e. The van der Waals surface area contributed by atoms with Crippen molar-refractivity contribution < 1.29 is 4.79 Å². The van der Waals surface area contributed by atoms with E-state index >= 15 is 0 Å². The summed E-state index contributed by atoms with van der Waals surface area (Å²) >= 11 is 0. The Bertz CT molecular complexity index is 215. The molecule has 0 spiro atoms. The Kier molecular flexibility index (Phi) is 3.71. The number of allylic oxidation sites excluding steroid dienone is 2. The number of Topliss-reactive ketones (excluding diaryl/α,β-unsaturated/α-hetero) is 1. The summed E-state index contributed by atoms with van der Waals surface area (Å²) < 4.78 is 0. The fourth-order valence-electron chi connectivity index (χ4n) is 1.99. The van der Waals surface area contributed by atoms with E-state index in [1.165, 1.54) is 12.0 Å². The molecular formula is C12H20O. The van der Waals surface area contributed by atoms with Gasteiger partial charge >= 0.3 is 0 Å². The van der Waals surface area contributed by atoms with Crippen LogP contribution in [-0.4, -0.2) is 5.78 Å². The van der Waals surface area contributed by atoms with Crippen LogP contribution in [-0.2, 0) is 4.79 Å². The van der Waals surface area contributed by atoms with Crippen LogP contribution in [0.2, 0.25) is 0 Å². The average Bonchev–Trinajstić information content (AvgIpc) is 2.25. The first kappa shape index (κ1) is 10.5. The Hall–Kier alpha value is -0.590. The molecule has 0 saturated heterocycles. The van der Waals surface area contributed by atoms with Crippen LogP contribution in [0.1, 0.15) is 46.5 Å². The predicted octanol–water partition coefficient (Wildman–Crippen LogP) is 3.35. The molecule has 1 aliphatic rings. The first-order chi connectivity index (χ1) is 6.13. The van der Waals surface area contributed by atoms with Gasteiger partial charge in [-0.15, -0.1) is 0 Å². The van der Waals surface area contributed by atoms with Crippen molar-refractivity contribution in [1.29, 1.82) is 0 Å². The lowest BCUT2D eigenvalue weighted by Crippen LogP contribution is -2.08. The van der Waals surface area contributed by atoms with E-state index in [2.05, 4.69) is 26.8 Å². The Balaban J connectivity index is 2.66. The van der Waals surface area contributed by atoms with E-state index < -0.39 is 0 Å². The Labute approximate surface area is 81.2 Å². The van der Waals surface area contributed by atoms with Crippen LogP contribution in [0, 0.1) is 11.8 Å². The summed E-state index contributed by atoms with van der Waals surface area (Å²) in [6.45, 7) is 6.59. The highest BCUT2D eigenvalue weighted by Crippen LogP contribution is 2.27. The Morgan fingerprint density at radius 3 is 2.92 bits per heavy atom. The second-order valence-electron chi connectivity index (χ2n) is 4.32. The molecule has 1 aliphatic carbocycles. The van der Waals surface area contributed by atoms with Gasteiger partial charge < -0.3 is 0 Å². The van der Waals surface area contributed by atoms with Gasteiger partial charge in [-0.3, -0.25) is 4.79 Å². The summed E-state index contributed by atoms with van der Waals surface area (Å²) in [6.07, 6.45) is 6.06. The van der Waals surface area contributed by atoms with E-state index in [4.69, 9.17) is 0 Å². The van der Waals surface area contributed by atoms with Gasteiger partial charge in [-0.1, -0.05) is 31.9 Å². The van der Waals surface area contributed by atoms with Crippen LogP contribution in [0.3, 0.4) is 0 Å². The van der Waals surface area contributed by atoms with Gasteiger partial charge in [-0.05, 0) is 25.2 Å². The molecule has 13 heavy (non-hydrogen) atoms. The Morgan fingerprint density at radius 2 is 2.31 bits per heavy atom. The number of ketones is 1. The summed E-state index contributed by atoms with van der Waals surface area (Å²) in [4.78, 5) is 11.3. The molecule has 0 N–H and O–H groups in total. The molecule has 1 rings (SSSR count). The van der Waals surface area contributed by atoms with Gasteiger partial charge in [0.15, 0.2) is 0 Å². The van der Waals surface area contributed by atoms with Crippen molar-refractivity contribution in [3.05, 3.63) is 11.6 Å². The predicted molar refractivity (Wildman–Crippen MR) is 55.6 cm³/mol. The van der Waals surface area contributed by atoms with Crippen molar-refractivity contribution in [2.45, 2.75) is 46.5 Å². The molecule has 0 bridgehead atoms. The third-order valence-corrected chi connectivity index (χ3v) is 3.11. The van der Waals surface area contributed by atoms with Gasteiger partial charge in [0.05, 0.1) is 0 Å². The van der Waals surface area contributed by atoms with Crippen LogP contribution in [0.15, 0.2) is 11.6 Å². The normalized spacial score (nSPS) is 26.5. The minimum absolute atomic E-state index is 0.416. The number of rotatable bonds is 2. The van der Waals surface area contributed by atoms with Gasteiger partial charge in [-0.2, -0.15) is 0 Å². The summed E-state index contributed by atoms with van der Waals surface area (Å²) in [6, 6.07) is 0. The van der Waals surface area contributed by atoms with Crippen molar-refractivity contribution in [1.82, 2.24) is 0 Å². The third-order valence-electron chi connectivity index (χ3n) is 3.11. The van der Waals surface area contributed by atoms with Crippen molar-refractivity contribution in [2.75, 3.05) is 0 Å². The van der Waals surface area contributed by atoms with Crippen LogP contribution in [0.5, 0.6) is 0 Å². The monoisotopic (exact) mass is 180 g/mol. The minimum atomic E-state index is 0.416. The lowest BCUT2D eigenvalue weighted by Gasteiger charge is -2.17.